The van der Waals surface area contributed by atoms with Crippen molar-refractivity contribution in [3.05, 3.63) is 22.8 Å². The summed E-state index contributed by atoms with van der Waals surface area (Å²) in [7, 11) is 0. The number of benzene rings is 1. The van der Waals surface area contributed by atoms with Crippen molar-refractivity contribution in [3.8, 4) is 11.5 Å². The van der Waals surface area contributed by atoms with Gasteiger partial charge in [0, 0.05) is 5.56 Å². The van der Waals surface area contributed by atoms with Crippen molar-refractivity contribution in [3.63, 3.8) is 0 Å². The van der Waals surface area contributed by atoms with Crippen molar-refractivity contribution in [1.82, 2.24) is 0 Å². The number of phenols is 2. The van der Waals surface area contributed by atoms with Crippen LogP contribution in [0.3, 0.4) is 0 Å². The fourth-order valence-corrected chi connectivity index (χ4v) is 3.82. The fourth-order valence-electron chi connectivity index (χ4n) is 3.82. The van der Waals surface area contributed by atoms with Gasteiger partial charge >= 0.3 is 5.97 Å². The van der Waals surface area contributed by atoms with Crippen LogP contribution in [0, 0.1) is 11.8 Å². The van der Waals surface area contributed by atoms with Crippen molar-refractivity contribution in [2.45, 2.75) is 38.5 Å². The van der Waals surface area contributed by atoms with E-state index < -0.39 is 5.97 Å². The standard InChI is InChI=1S/C15H18O4/c1-7-4-10-9(15(18)19)3-2-8-6-12(16)14(17)11(5-7)13(8)10/h6-7,9-10,16-17H,2-5H2,1H3,(H,18,19). The molecule has 0 fully saturated rings. The van der Waals surface area contributed by atoms with Gasteiger partial charge in [-0.2, -0.15) is 0 Å². The number of hydrogen-bond donors (Lipinski definition) is 3. The molecule has 3 unspecified atom stereocenters. The molecule has 2 aliphatic carbocycles. The maximum absolute atomic E-state index is 11.4. The van der Waals surface area contributed by atoms with E-state index >= 15 is 0 Å². The molecule has 3 N–H and O–H groups in total. The first kappa shape index (κ1) is 12.3. The lowest BCUT2D eigenvalue weighted by atomic mass is 9.65. The Labute approximate surface area is 111 Å². The molecule has 19 heavy (non-hydrogen) atoms. The second kappa shape index (κ2) is 4.15. The molecule has 4 heteroatoms. The van der Waals surface area contributed by atoms with Crippen molar-refractivity contribution in [2.24, 2.45) is 11.8 Å². The predicted octanol–water partition coefficient (Wildman–Crippen LogP) is 2.41. The molecule has 0 aliphatic heterocycles. The number of carboxylic acids is 1. The van der Waals surface area contributed by atoms with Crippen LogP contribution >= 0.6 is 0 Å². The predicted molar refractivity (Wildman–Crippen MR) is 69.4 cm³/mol. The van der Waals surface area contributed by atoms with E-state index in [1.165, 1.54) is 0 Å². The van der Waals surface area contributed by atoms with Gasteiger partial charge in [-0.1, -0.05) is 6.92 Å². The summed E-state index contributed by atoms with van der Waals surface area (Å²) in [6, 6.07) is 1.61. The number of hydrogen-bond acceptors (Lipinski definition) is 3. The topological polar surface area (TPSA) is 77.8 Å². The van der Waals surface area contributed by atoms with Gasteiger partial charge in [0.1, 0.15) is 0 Å². The van der Waals surface area contributed by atoms with Gasteiger partial charge in [0.05, 0.1) is 5.92 Å². The Balaban J connectivity index is 2.19. The highest BCUT2D eigenvalue weighted by Gasteiger charge is 2.40. The Morgan fingerprint density at radius 2 is 2.11 bits per heavy atom. The minimum Gasteiger partial charge on any atom is -0.504 e. The normalized spacial score (nSPS) is 28.8. The van der Waals surface area contributed by atoms with Gasteiger partial charge in [-0.15, -0.1) is 0 Å². The van der Waals surface area contributed by atoms with Crippen molar-refractivity contribution >= 4 is 5.97 Å². The lowest BCUT2D eigenvalue weighted by molar-refractivity contribution is -0.143. The molecule has 3 atom stereocenters. The van der Waals surface area contributed by atoms with Gasteiger partial charge in [0.2, 0.25) is 0 Å². The lowest BCUT2D eigenvalue weighted by Gasteiger charge is -2.39. The summed E-state index contributed by atoms with van der Waals surface area (Å²) in [5, 5.41) is 29.2. The zero-order chi connectivity index (χ0) is 13.7. The van der Waals surface area contributed by atoms with Crippen LogP contribution in [0.15, 0.2) is 6.07 Å². The van der Waals surface area contributed by atoms with E-state index in [1.54, 1.807) is 6.07 Å². The quantitative estimate of drug-likeness (QED) is 0.679. The molecule has 0 heterocycles. The average molecular weight is 262 g/mol. The number of aromatic hydroxyl groups is 2. The van der Waals surface area contributed by atoms with Crippen molar-refractivity contribution in [2.75, 3.05) is 0 Å². The third kappa shape index (κ3) is 1.78. The summed E-state index contributed by atoms with van der Waals surface area (Å²) in [5.74, 6) is -0.928. The van der Waals surface area contributed by atoms with Crippen LogP contribution in [0.4, 0.5) is 0 Å². The first-order valence-electron chi connectivity index (χ1n) is 6.78. The SMILES string of the molecule is CC1Cc2c(O)c(O)cc3c2C(C1)C(C(=O)O)CC3. The van der Waals surface area contributed by atoms with E-state index in [2.05, 4.69) is 6.92 Å². The smallest absolute Gasteiger partial charge is 0.307 e. The highest BCUT2D eigenvalue weighted by molar-refractivity contribution is 5.73. The zero-order valence-corrected chi connectivity index (χ0v) is 10.9. The number of aryl methyl sites for hydroxylation is 1. The van der Waals surface area contributed by atoms with Crippen LogP contribution in [0.5, 0.6) is 11.5 Å². The van der Waals surface area contributed by atoms with E-state index in [0.717, 1.165) is 23.1 Å². The average Bonchev–Trinajstić information content (AvgIpc) is 2.34. The molecule has 0 amide bonds. The molecule has 3 rings (SSSR count). The minimum absolute atomic E-state index is 0.0218. The first-order chi connectivity index (χ1) is 8.99. The molecular formula is C15H18O4. The summed E-state index contributed by atoms with van der Waals surface area (Å²) in [6.07, 6.45) is 2.84. The van der Waals surface area contributed by atoms with Crippen LogP contribution in [-0.2, 0) is 17.6 Å². The molecule has 102 valence electrons. The zero-order valence-electron chi connectivity index (χ0n) is 10.9. The Bertz CT molecular complexity index is 550. The number of carbonyl (C=O) groups is 1. The molecule has 0 saturated heterocycles. The molecule has 0 radical (unpaired) electrons. The van der Waals surface area contributed by atoms with Gasteiger partial charge < -0.3 is 15.3 Å². The van der Waals surface area contributed by atoms with E-state index in [-0.39, 0.29) is 23.3 Å². The Morgan fingerprint density at radius 3 is 2.79 bits per heavy atom. The van der Waals surface area contributed by atoms with Crippen LogP contribution < -0.4 is 0 Å². The molecule has 4 nitrogen and oxygen atoms in total. The maximum atomic E-state index is 11.4. The molecule has 0 spiro atoms. The van der Waals surface area contributed by atoms with Crippen LogP contribution in [-0.4, -0.2) is 21.3 Å². The Hall–Kier alpha value is -1.71. The third-order valence-corrected chi connectivity index (χ3v) is 4.62. The number of carboxylic acid groups (broad SMARTS) is 1. The largest absolute Gasteiger partial charge is 0.504 e. The van der Waals surface area contributed by atoms with Gasteiger partial charge in [-0.25, -0.2) is 0 Å². The van der Waals surface area contributed by atoms with E-state index in [4.69, 9.17) is 0 Å². The van der Waals surface area contributed by atoms with E-state index in [0.29, 0.717) is 25.2 Å². The van der Waals surface area contributed by atoms with Gasteiger partial charge in [0.15, 0.2) is 11.5 Å². The summed E-state index contributed by atoms with van der Waals surface area (Å²) in [6.45, 7) is 2.07. The highest BCUT2D eigenvalue weighted by Crippen LogP contribution is 2.50. The molecule has 0 saturated carbocycles. The Kier molecular flexibility index (Phi) is 2.69. The summed E-state index contributed by atoms with van der Waals surface area (Å²) < 4.78 is 0. The summed E-state index contributed by atoms with van der Waals surface area (Å²) in [5.41, 5.74) is 2.77. The Morgan fingerprint density at radius 1 is 1.37 bits per heavy atom. The summed E-state index contributed by atoms with van der Waals surface area (Å²) >= 11 is 0. The number of phenolic OH excluding ortho intramolecular Hbond substituents is 2. The molecule has 0 aromatic heterocycles. The van der Waals surface area contributed by atoms with Crippen LogP contribution in [0.2, 0.25) is 0 Å². The molecular weight excluding hydrogens is 244 g/mol. The second-order valence-electron chi connectivity index (χ2n) is 5.93. The highest BCUT2D eigenvalue weighted by atomic mass is 16.4. The number of rotatable bonds is 1. The van der Waals surface area contributed by atoms with E-state index in [9.17, 15) is 20.1 Å². The van der Waals surface area contributed by atoms with Crippen molar-refractivity contribution < 1.29 is 20.1 Å². The van der Waals surface area contributed by atoms with E-state index in [1.807, 2.05) is 0 Å². The van der Waals surface area contributed by atoms with Gasteiger partial charge in [-0.3, -0.25) is 4.79 Å². The second-order valence-corrected chi connectivity index (χ2v) is 5.93. The molecule has 2 aliphatic rings. The summed E-state index contributed by atoms with van der Waals surface area (Å²) in [4.78, 5) is 11.4. The molecule has 1 aromatic rings. The fraction of sp³-hybridized carbons (Fsp3) is 0.533. The van der Waals surface area contributed by atoms with Gasteiger partial charge in [0.25, 0.3) is 0 Å². The lowest BCUT2D eigenvalue weighted by Crippen LogP contribution is -2.32. The third-order valence-electron chi connectivity index (χ3n) is 4.62. The molecule has 1 aromatic carbocycles. The number of aliphatic carboxylic acids is 1. The maximum Gasteiger partial charge on any atom is 0.307 e. The minimum atomic E-state index is -0.747. The monoisotopic (exact) mass is 262 g/mol. The van der Waals surface area contributed by atoms with Crippen molar-refractivity contribution in [1.29, 1.82) is 0 Å². The first-order valence-corrected chi connectivity index (χ1v) is 6.78. The molecule has 0 bridgehead atoms. The van der Waals surface area contributed by atoms with Crippen LogP contribution in [0.25, 0.3) is 0 Å². The van der Waals surface area contributed by atoms with Crippen LogP contribution in [0.1, 0.15) is 42.4 Å². The van der Waals surface area contributed by atoms with Gasteiger partial charge in [-0.05, 0) is 54.7 Å².